The van der Waals surface area contributed by atoms with Gasteiger partial charge < -0.3 is 9.88 Å². The standard InChI is InChI=1S/C13H13N3O2/c17-12(15-11-4-7-14-8-5-11)6-10-16-9-2-1-3-13(16)18/h1-5,7-9H,6,10H2,(H,14,15,17). The van der Waals surface area contributed by atoms with Gasteiger partial charge in [-0.2, -0.15) is 0 Å². The summed E-state index contributed by atoms with van der Waals surface area (Å²) in [6.07, 6.45) is 5.14. The van der Waals surface area contributed by atoms with E-state index in [1.807, 2.05) is 0 Å². The fraction of sp³-hybridized carbons (Fsp3) is 0.154. The molecule has 5 heteroatoms. The van der Waals surface area contributed by atoms with Crippen LogP contribution in [0, 0.1) is 0 Å². The summed E-state index contributed by atoms with van der Waals surface area (Å²) in [5, 5.41) is 2.74. The lowest BCUT2D eigenvalue weighted by atomic mass is 10.3. The van der Waals surface area contributed by atoms with Crippen LogP contribution < -0.4 is 10.9 Å². The summed E-state index contributed by atoms with van der Waals surface area (Å²) < 4.78 is 1.51. The SMILES string of the molecule is O=C(CCn1ccccc1=O)Nc1ccncc1. The summed E-state index contributed by atoms with van der Waals surface area (Å²) in [6.45, 7) is 0.372. The number of aromatic nitrogens is 2. The molecule has 0 saturated heterocycles. The van der Waals surface area contributed by atoms with Gasteiger partial charge in [0.1, 0.15) is 0 Å². The van der Waals surface area contributed by atoms with Crippen LogP contribution in [0.4, 0.5) is 5.69 Å². The van der Waals surface area contributed by atoms with Crippen molar-refractivity contribution in [2.45, 2.75) is 13.0 Å². The molecule has 0 aliphatic heterocycles. The smallest absolute Gasteiger partial charge is 0.250 e. The van der Waals surface area contributed by atoms with Gasteiger partial charge in [-0.15, -0.1) is 0 Å². The number of aryl methyl sites for hydroxylation is 1. The molecule has 2 heterocycles. The van der Waals surface area contributed by atoms with Crippen molar-refractivity contribution < 1.29 is 4.79 Å². The number of hydrogen-bond acceptors (Lipinski definition) is 3. The van der Waals surface area contributed by atoms with E-state index in [4.69, 9.17) is 0 Å². The van der Waals surface area contributed by atoms with Crippen molar-refractivity contribution in [1.29, 1.82) is 0 Å². The first-order chi connectivity index (χ1) is 8.75. The van der Waals surface area contributed by atoms with Gasteiger partial charge in [-0.1, -0.05) is 6.07 Å². The van der Waals surface area contributed by atoms with Gasteiger partial charge in [0.2, 0.25) is 5.91 Å². The minimum absolute atomic E-state index is 0.103. The maximum absolute atomic E-state index is 11.7. The molecule has 0 aliphatic rings. The molecule has 2 aromatic heterocycles. The maximum Gasteiger partial charge on any atom is 0.250 e. The monoisotopic (exact) mass is 243 g/mol. The predicted molar refractivity (Wildman–Crippen MR) is 68.2 cm³/mol. The zero-order chi connectivity index (χ0) is 12.8. The van der Waals surface area contributed by atoms with Gasteiger partial charge in [0, 0.05) is 43.3 Å². The van der Waals surface area contributed by atoms with E-state index in [9.17, 15) is 9.59 Å². The quantitative estimate of drug-likeness (QED) is 0.879. The number of hydrogen-bond donors (Lipinski definition) is 1. The van der Waals surface area contributed by atoms with Gasteiger partial charge in [-0.25, -0.2) is 0 Å². The Labute approximate surface area is 104 Å². The minimum Gasteiger partial charge on any atom is -0.326 e. The molecule has 0 radical (unpaired) electrons. The molecular weight excluding hydrogens is 230 g/mol. The lowest BCUT2D eigenvalue weighted by Crippen LogP contribution is -2.21. The first kappa shape index (κ1) is 12.0. The Morgan fingerprint density at radius 3 is 2.72 bits per heavy atom. The van der Waals surface area contributed by atoms with Crippen molar-refractivity contribution in [3.63, 3.8) is 0 Å². The lowest BCUT2D eigenvalue weighted by molar-refractivity contribution is -0.116. The normalized spacial score (nSPS) is 10.0. The van der Waals surface area contributed by atoms with Gasteiger partial charge in [0.15, 0.2) is 0 Å². The molecule has 92 valence electrons. The van der Waals surface area contributed by atoms with Crippen LogP contribution in [0.3, 0.4) is 0 Å². The highest BCUT2D eigenvalue weighted by molar-refractivity contribution is 5.90. The Morgan fingerprint density at radius 1 is 1.22 bits per heavy atom. The second kappa shape index (κ2) is 5.77. The first-order valence-electron chi connectivity index (χ1n) is 5.61. The average molecular weight is 243 g/mol. The van der Waals surface area contributed by atoms with E-state index < -0.39 is 0 Å². The summed E-state index contributed by atoms with van der Waals surface area (Å²) in [6, 6.07) is 8.35. The number of nitrogens with zero attached hydrogens (tertiary/aromatic N) is 2. The molecule has 5 nitrogen and oxygen atoms in total. The number of anilines is 1. The van der Waals surface area contributed by atoms with E-state index in [-0.39, 0.29) is 17.9 Å². The van der Waals surface area contributed by atoms with Crippen LogP contribution in [0.15, 0.2) is 53.7 Å². The zero-order valence-corrected chi connectivity index (χ0v) is 9.74. The number of pyridine rings is 2. The molecule has 0 bridgehead atoms. The molecule has 2 aromatic rings. The molecule has 0 fully saturated rings. The number of amides is 1. The van der Waals surface area contributed by atoms with Crippen LogP contribution in [0.25, 0.3) is 0 Å². The Bertz CT molecular complexity index is 578. The largest absolute Gasteiger partial charge is 0.326 e. The highest BCUT2D eigenvalue weighted by Gasteiger charge is 2.03. The molecule has 0 saturated carbocycles. The lowest BCUT2D eigenvalue weighted by Gasteiger charge is -2.06. The molecule has 0 spiro atoms. The summed E-state index contributed by atoms with van der Waals surface area (Å²) in [5.41, 5.74) is 0.601. The van der Waals surface area contributed by atoms with Crippen molar-refractivity contribution in [2.24, 2.45) is 0 Å². The summed E-state index contributed by atoms with van der Waals surface area (Å²) in [4.78, 5) is 26.9. The summed E-state index contributed by atoms with van der Waals surface area (Å²) in [7, 11) is 0. The van der Waals surface area contributed by atoms with Crippen LogP contribution >= 0.6 is 0 Å². The third-order valence-corrected chi connectivity index (χ3v) is 2.44. The fourth-order valence-electron chi connectivity index (χ4n) is 1.53. The van der Waals surface area contributed by atoms with Gasteiger partial charge in [-0.05, 0) is 18.2 Å². The molecule has 2 rings (SSSR count). The van der Waals surface area contributed by atoms with Crippen LogP contribution in [0.5, 0.6) is 0 Å². The highest BCUT2D eigenvalue weighted by Crippen LogP contribution is 2.03. The molecule has 18 heavy (non-hydrogen) atoms. The van der Waals surface area contributed by atoms with Crippen molar-refractivity contribution in [1.82, 2.24) is 9.55 Å². The van der Waals surface area contributed by atoms with Crippen LogP contribution in [-0.2, 0) is 11.3 Å². The maximum atomic E-state index is 11.7. The summed E-state index contributed by atoms with van der Waals surface area (Å²) in [5.74, 6) is -0.128. The van der Waals surface area contributed by atoms with Gasteiger partial charge >= 0.3 is 0 Å². The van der Waals surface area contributed by atoms with Crippen molar-refractivity contribution in [3.05, 3.63) is 59.3 Å². The fourth-order valence-corrected chi connectivity index (χ4v) is 1.53. The number of carbonyl (C=O) groups excluding carboxylic acids is 1. The van der Waals surface area contributed by atoms with Crippen LogP contribution in [-0.4, -0.2) is 15.5 Å². The van der Waals surface area contributed by atoms with E-state index in [1.54, 1.807) is 42.9 Å². The Hall–Kier alpha value is -2.43. The first-order valence-corrected chi connectivity index (χ1v) is 5.61. The van der Waals surface area contributed by atoms with Crippen LogP contribution in [0.2, 0.25) is 0 Å². The minimum atomic E-state index is -0.128. The second-order valence-electron chi connectivity index (χ2n) is 3.77. The van der Waals surface area contributed by atoms with Gasteiger partial charge in [0.25, 0.3) is 5.56 Å². The van der Waals surface area contributed by atoms with E-state index in [0.29, 0.717) is 12.2 Å². The molecule has 1 amide bonds. The van der Waals surface area contributed by atoms with Crippen LogP contribution in [0.1, 0.15) is 6.42 Å². The Morgan fingerprint density at radius 2 is 2.00 bits per heavy atom. The second-order valence-corrected chi connectivity index (χ2v) is 3.77. The van der Waals surface area contributed by atoms with E-state index >= 15 is 0 Å². The molecule has 0 aromatic carbocycles. The zero-order valence-electron chi connectivity index (χ0n) is 9.74. The third-order valence-electron chi connectivity index (χ3n) is 2.44. The highest BCUT2D eigenvalue weighted by atomic mass is 16.1. The topological polar surface area (TPSA) is 64.0 Å². The van der Waals surface area contributed by atoms with E-state index in [1.165, 1.54) is 10.6 Å². The van der Waals surface area contributed by atoms with E-state index in [2.05, 4.69) is 10.3 Å². The van der Waals surface area contributed by atoms with Crippen molar-refractivity contribution in [2.75, 3.05) is 5.32 Å². The molecule has 0 aliphatic carbocycles. The molecular formula is C13H13N3O2. The Balaban J connectivity index is 1.90. The molecule has 0 unspecified atom stereocenters. The molecule has 1 N–H and O–H groups in total. The average Bonchev–Trinajstić information content (AvgIpc) is 2.39. The van der Waals surface area contributed by atoms with Crippen molar-refractivity contribution in [3.8, 4) is 0 Å². The van der Waals surface area contributed by atoms with Gasteiger partial charge in [0.05, 0.1) is 0 Å². The van der Waals surface area contributed by atoms with Gasteiger partial charge in [-0.3, -0.25) is 14.6 Å². The van der Waals surface area contributed by atoms with E-state index in [0.717, 1.165) is 0 Å². The third kappa shape index (κ3) is 3.28. The number of nitrogens with one attached hydrogen (secondary N) is 1. The number of carbonyl (C=O) groups is 1. The Kier molecular flexibility index (Phi) is 3.86. The summed E-state index contributed by atoms with van der Waals surface area (Å²) >= 11 is 0. The van der Waals surface area contributed by atoms with Crippen molar-refractivity contribution >= 4 is 11.6 Å². The predicted octanol–water partition coefficient (Wildman–Crippen LogP) is 1.27. The molecule has 0 atom stereocenters. The number of rotatable bonds is 4.